The molecule has 0 bridgehead atoms. The van der Waals surface area contributed by atoms with Crippen molar-refractivity contribution in [2.45, 2.75) is 63.5 Å². The summed E-state index contributed by atoms with van der Waals surface area (Å²) < 4.78 is 6.12. The van der Waals surface area contributed by atoms with E-state index in [0.29, 0.717) is 6.10 Å². The molecule has 0 aromatic rings. The van der Waals surface area contributed by atoms with E-state index < -0.39 is 0 Å². The normalized spacial score (nSPS) is 40.9. The van der Waals surface area contributed by atoms with Crippen molar-refractivity contribution in [2.24, 2.45) is 11.8 Å². The van der Waals surface area contributed by atoms with Crippen LogP contribution in [0.3, 0.4) is 0 Å². The van der Waals surface area contributed by atoms with Crippen molar-refractivity contribution in [1.82, 2.24) is 5.32 Å². The maximum Gasteiger partial charge on any atom is 0.0702 e. The average molecular weight is 223 g/mol. The second kappa shape index (κ2) is 5.05. The molecule has 3 rings (SSSR count). The fourth-order valence-electron chi connectivity index (χ4n) is 3.88. The van der Waals surface area contributed by atoms with Gasteiger partial charge in [-0.25, -0.2) is 0 Å². The summed E-state index contributed by atoms with van der Waals surface area (Å²) in [5.74, 6) is 1.78. The molecule has 2 heteroatoms. The van der Waals surface area contributed by atoms with Crippen molar-refractivity contribution >= 4 is 0 Å². The molecule has 1 N–H and O–H groups in total. The second-order valence-corrected chi connectivity index (χ2v) is 6.05. The third kappa shape index (κ3) is 2.43. The fourth-order valence-corrected chi connectivity index (χ4v) is 3.88. The number of hydrogen-bond donors (Lipinski definition) is 1. The molecule has 3 unspecified atom stereocenters. The molecule has 3 atom stereocenters. The van der Waals surface area contributed by atoms with Crippen molar-refractivity contribution < 1.29 is 4.74 Å². The van der Waals surface area contributed by atoms with E-state index in [-0.39, 0.29) is 0 Å². The molecule has 1 aliphatic heterocycles. The lowest BCUT2D eigenvalue weighted by Gasteiger charge is -2.19. The van der Waals surface area contributed by atoms with Crippen LogP contribution >= 0.6 is 0 Å². The third-order valence-corrected chi connectivity index (χ3v) is 4.88. The van der Waals surface area contributed by atoms with Gasteiger partial charge in [0.2, 0.25) is 0 Å². The topological polar surface area (TPSA) is 21.3 Å². The highest BCUT2D eigenvalue weighted by atomic mass is 16.5. The van der Waals surface area contributed by atoms with E-state index in [4.69, 9.17) is 4.74 Å². The van der Waals surface area contributed by atoms with Crippen LogP contribution in [0.1, 0.15) is 51.4 Å². The van der Waals surface area contributed by atoms with Crippen molar-refractivity contribution in [1.29, 1.82) is 0 Å². The minimum atomic E-state index is 0.508. The molecule has 0 radical (unpaired) electrons. The van der Waals surface area contributed by atoms with Gasteiger partial charge >= 0.3 is 0 Å². The molecule has 2 nitrogen and oxygen atoms in total. The number of hydrogen-bond acceptors (Lipinski definition) is 2. The van der Waals surface area contributed by atoms with Gasteiger partial charge in [0.15, 0.2) is 0 Å². The standard InChI is InChI=1S/C14H25NO/c1-2-5-11(4-1)8-13-9-15-14-7-3-6-12(14)10-16-13/h11-15H,1-10H2. The summed E-state index contributed by atoms with van der Waals surface area (Å²) >= 11 is 0. The Balaban J connectivity index is 1.49. The van der Waals surface area contributed by atoms with Crippen molar-refractivity contribution in [2.75, 3.05) is 13.2 Å². The zero-order chi connectivity index (χ0) is 10.8. The summed E-state index contributed by atoms with van der Waals surface area (Å²) in [6, 6.07) is 0.772. The largest absolute Gasteiger partial charge is 0.377 e. The van der Waals surface area contributed by atoms with Gasteiger partial charge in [-0.3, -0.25) is 0 Å². The first-order valence-corrected chi connectivity index (χ1v) is 7.27. The van der Waals surface area contributed by atoms with Crippen molar-refractivity contribution in [3.05, 3.63) is 0 Å². The summed E-state index contributed by atoms with van der Waals surface area (Å²) in [6.45, 7) is 2.13. The van der Waals surface area contributed by atoms with Crippen LogP contribution in [0.2, 0.25) is 0 Å². The molecule has 1 saturated heterocycles. The summed E-state index contributed by atoms with van der Waals surface area (Å²) in [7, 11) is 0. The molecule has 0 aromatic heterocycles. The molecule has 2 aliphatic carbocycles. The van der Waals surface area contributed by atoms with Crippen LogP contribution in [-0.2, 0) is 4.74 Å². The molecule has 0 aromatic carbocycles. The maximum atomic E-state index is 6.12. The van der Waals surface area contributed by atoms with E-state index in [1.807, 2.05) is 0 Å². The average Bonchev–Trinajstić information content (AvgIpc) is 2.90. The van der Waals surface area contributed by atoms with Crippen LogP contribution in [0, 0.1) is 11.8 Å². The van der Waals surface area contributed by atoms with E-state index in [1.165, 1.54) is 51.4 Å². The first-order chi connectivity index (χ1) is 7.92. The zero-order valence-electron chi connectivity index (χ0n) is 10.3. The quantitative estimate of drug-likeness (QED) is 0.777. The van der Waals surface area contributed by atoms with Crippen LogP contribution in [0.15, 0.2) is 0 Å². The van der Waals surface area contributed by atoms with E-state index in [1.54, 1.807) is 0 Å². The highest BCUT2D eigenvalue weighted by molar-refractivity contribution is 4.87. The Hall–Kier alpha value is -0.0800. The molecule has 3 fully saturated rings. The van der Waals surface area contributed by atoms with Gasteiger partial charge in [-0.05, 0) is 31.1 Å². The lowest BCUT2D eigenvalue weighted by molar-refractivity contribution is 0.0331. The predicted octanol–water partition coefficient (Wildman–Crippen LogP) is 2.72. The Morgan fingerprint density at radius 2 is 1.88 bits per heavy atom. The molecular formula is C14H25NO. The van der Waals surface area contributed by atoms with E-state index in [2.05, 4.69) is 5.32 Å². The lowest BCUT2D eigenvalue weighted by Crippen LogP contribution is -2.35. The highest BCUT2D eigenvalue weighted by Crippen LogP contribution is 2.32. The fraction of sp³-hybridized carbons (Fsp3) is 1.00. The second-order valence-electron chi connectivity index (χ2n) is 6.05. The van der Waals surface area contributed by atoms with Gasteiger partial charge in [0, 0.05) is 12.6 Å². The first-order valence-electron chi connectivity index (χ1n) is 7.27. The lowest BCUT2D eigenvalue weighted by atomic mass is 10.00. The SMILES string of the molecule is C1CCC(CC2CNC3CCCC3CO2)C1. The number of ether oxygens (including phenoxy) is 1. The van der Waals surface area contributed by atoms with Crippen LogP contribution in [-0.4, -0.2) is 25.3 Å². The zero-order valence-corrected chi connectivity index (χ0v) is 10.3. The maximum absolute atomic E-state index is 6.12. The molecule has 2 saturated carbocycles. The summed E-state index contributed by atoms with van der Waals surface area (Å²) in [5, 5.41) is 3.74. The molecule has 16 heavy (non-hydrogen) atoms. The molecular weight excluding hydrogens is 198 g/mol. The van der Waals surface area contributed by atoms with Crippen LogP contribution in [0.5, 0.6) is 0 Å². The third-order valence-electron chi connectivity index (χ3n) is 4.88. The minimum Gasteiger partial charge on any atom is -0.377 e. The summed E-state index contributed by atoms with van der Waals surface area (Å²) in [6.07, 6.45) is 11.8. The summed E-state index contributed by atoms with van der Waals surface area (Å²) in [5.41, 5.74) is 0. The highest BCUT2D eigenvalue weighted by Gasteiger charge is 2.32. The van der Waals surface area contributed by atoms with Crippen molar-refractivity contribution in [3.8, 4) is 0 Å². The van der Waals surface area contributed by atoms with Gasteiger partial charge in [0.05, 0.1) is 12.7 Å². The number of nitrogens with one attached hydrogen (secondary N) is 1. The first kappa shape index (κ1) is 11.0. The van der Waals surface area contributed by atoms with Gasteiger partial charge in [-0.15, -0.1) is 0 Å². The Morgan fingerprint density at radius 3 is 2.75 bits per heavy atom. The van der Waals surface area contributed by atoms with Gasteiger partial charge < -0.3 is 10.1 Å². The van der Waals surface area contributed by atoms with Crippen LogP contribution in [0.25, 0.3) is 0 Å². The smallest absolute Gasteiger partial charge is 0.0702 e. The monoisotopic (exact) mass is 223 g/mol. The Kier molecular flexibility index (Phi) is 3.49. The van der Waals surface area contributed by atoms with Gasteiger partial charge in [-0.2, -0.15) is 0 Å². The van der Waals surface area contributed by atoms with E-state index >= 15 is 0 Å². The Bertz CT molecular complexity index is 211. The molecule has 92 valence electrons. The molecule has 0 amide bonds. The van der Waals surface area contributed by atoms with Crippen LogP contribution < -0.4 is 5.32 Å². The van der Waals surface area contributed by atoms with E-state index in [0.717, 1.165) is 31.0 Å². The van der Waals surface area contributed by atoms with Crippen LogP contribution in [0.4, 0.5) is 0 Å². The Morgan fingerprint density at radius 1 is 1.00 bits per heavy atom. The molecule has 0 spiro atoms. The molecule has 3 aliphatic rings. The molecule has 1 heterocycles. The van der Waals surface area contributed by atoms with Crippen molar-refractivity contribution in [3.63, 3.8) is 0 Å². The van der Waals surface area contributed by atoms with E-state index in [9.17, 15) is 0 Å². The predicted molar refractivity (Wildman–Crippen MR) is 65.4 cm³/mol. The number of fused-ring (bicyclic) bond motifs is 1. The van der Waals surface area contributed by atoms with Gasteiger partial charge in [0.1, 0.15) is 0 Å². The summed E-state index contributed by atoms with van der Waals surface area (Å²) in [4.78, 5) is 0. The minimum absolute atomic E-state index is 0.508. The van der Waals surface area contributed by atoms with Gasteiger partial charge in [-0.1, -0.05) is 32.1 Å². The van der Waals surface area contributed by atoms with Gasteiger partial charge in [0.25, 0.3) is 0 Å². The Labute approximate surface area is 99.1 Å². The number of rotatable bonds is 2.